The van der Waals surface area contributed by atoms with Gasteiger partial charge in [-0.05, 0) is 31.0 Å². The maximum absolute atomic E-state index is 11.6. The molecule has 0 unspecified atom stereocenters. The molecular weight excluding hydrogens is 206 g/mol. The van der Waals surface area contributed by atoms with Crippen LogP contribution >= 0.6 is 0 Å². The number of Topliss-reactive ketones (excluding diaryl/α,β-unsaturated/α-hetero) is 1. The molecule has 4 heteroatoms. The summed E-state index contributed by atoms with van der Waals surface area (Å²) in [6, 6.07) is 3.56. The number of aromatic hydroxyl groups is 1. The van der Waals surface area contributed by atoms with E-state index in [-0.39, 0.29) is 30.4 Å². The molecule has 1 aromatic rings. The van der Waals surface area contributed by atoms with Crippen molar-refractivity contribution in [2.24, 2.45) is 0 Å². The molecule has 0 radical (unpaired) electrons. The van der Waals surface area contributed by atoms with Gasteiger partial charge in [0.1, 0.15) is 5.75 Å². The molecule has 0 spiro atoms. The number of aryl methyl sites for hydroxylation is 2. The summed E-state index contributed by atoms with van der Waals surface area (Å²) >= 11 is 0. The minimum atomic E-state index is -0.245. The van der Waals surface area contributed by atoms with Gasteiger partial charge in [0.15, 0.2) is 5.78 Å². The Kier molecular flexibility index (Phi) is 2.42. The number of carbonyl (C=O) groups excluding carboxylic acids is 2. The van der Waals surface area contributed by atoms with Gasteiger partial charge < -0.3 is 10.0 Å². The standard InChI is InChI=1S/C12H13NO3/c1-7-3-8(2)12(16)10(4-7)13-6-9(14)5-11(13)15/h3-4,16H,5-6H2,1-2H3. The molecule has 1 aromatic carbocycles. The molecule has 84 valence electrons. The van der Waals surface area contributed by atoms with Crippen LogP contribution in [-0.2, 0) is 9.59 Å². The number of hydrogen-bond donors (Lipinski definition) is 1. The largest absolute Gasteiger partial charge is 0.505 e. The van der Waals surface area contributed by atoms with Crippen LogP contribution in [0.4, 0.5) is 5.69 Å². The summed E-state index contributed by atoms with van der Waals surface area (Å²) in [5.41, 5.74) is 2.10. The zero-order chi connectivity index (χ0) is 11.9. The molecule has 16 heavy (non-hydrogen) atoms. The molecule has 2 rings (SSSR count). The number of anilines is 1. The van der Waals surface area contributed by atoms with Crippen LogP contribution in [0.2, 0.25) is 0 Å². The summed E-state index contributed by atoms with van der Waals surface area (Å²) in [5, 5.41) is 9.88. The maximum atomic E-state index is 11.6. The predicted molar refractivity (Wildman–Crippen MR) is 59.6 cm³/mol. The van der Waals surface area contributed by atoms with Crippen LogP contribution in [0, 0.1) is 13.8 Å². The van der Waals surface area contributed by atoms with Crippen LogP contribution in [0.1, 0.15) is 17.5 Å². The minimum absolute atomic E-state index is 0.0631. The maximum Gasteiger partial charge on any atom is 0.235 e. The number of nitrogens with zero attached hydrogens (tertiary/aromatic N) is 1. The molecule has 1 aliphatic rings. The number of benzene rings is 1. The number of phenolic OH excluding ortho intramolecular Hbond substituents is 1. The van der Waals surface area contributed by atoms with E-state index in [1.807, 2.05) is 13.0 Å². The zero-order valence-corrected chi connectivity index (χ0v) is 9.28. The number of carbonyl (C=O) groups is 2. The number of ketones is 1. The first-order chi connectivity index (χ1) is 7.49. The molecular formula is C12H13NO3. The highest BCUT2D eigenvalue weighted by Crippen LogP contribution is 2.33. The summed E-state index contributed by atoms with van der Waals surface area (Å²) in [6.07, 6.45) is -0.0631. The molecule has 0 aromatic heterocycles. The van der Waals surface area contributed by atoms with E-state index < -0.39 is 0 Å². The summed E-state index contributed by atoms with van der Waals surface area (Å²) in [6.45, 7) is 3.72. The number of rotatable bonds is 1. The predicted octanol–water partition coefficient (Wildman–Crippen LogP) is 1.31. The first kappa shape index (κ1) is 10.7. The van der Waals surface area contributed by atoms with Gasteiger partial charge in [0.2, 0.25) is 5.91 Å². The molecule has 1 fully saturated rings. The lowest BCUT2D eigenvalue weighted by molar-refractivity contribution is -0.121. The van der Waals surface area contributed by atoms with Crippen molar-refractivity contribution in [1.29, 1.82) is 0 Å². The van der Waals surface area contributed by atoms with Crippen molar-refractivity contribution in [3.63, 3.8) is 0 Å². The van der Waals surface area contributed by atoms with Crippen LogP contribution in [0.25, 0.3) is 0 Å². The Morgan fingerprint density at radius 1 is 1.25 bits per heavy atom. The quantitative estimate of drug-likeness (QED) is 0.724. The second-order valence-corrected chi connectivity index (χ2v) is 4.14. The van der Waals surface area contributed by atoms with E-state index in [0.717, 1.165) is 5.56 Å². The summed E-state index contributed by atoms with van der Waals surface area (Å²) in [7, 11) is 0. The van der Waals surface area contributed by atoms with Crippen LogP contribution < -0.4 is 4.90 Å². The third-order valence-electron chi connectivity index (χ3n) is 2.70. The lowest BCUT2D eigenvalue weighted by Crippen LogP contribution is -2.24. The average Bonchev–Trinajstić information content (AvgIpc) is 2.51. The van der Waals surface area contributed by atoms with Crippen molar-refractivity contribution in [3.8, 4) is 5.75 Å². The molecule has 1 amide bonds. The fourth-order valence-electron chi connectivity index (χ4n) is 1.95. The highest BCUT2D eigenvalue weighted by atomic mass is 16.3. The molecule has 0 atom stereocenters. The van der Waals surface area contributed by atoms with Crippen molar-refractivity contribution in [1.82, 2.24) is 0 Å². The Balaban J connectivity index is 2.48. The molecule has 1 aliphatic heterocycles. The number of hydrogen-bond acceptors (Lipinski definition) is 3. The monoisotopic (exact) mass is 219 g/mol. The highest BCUT2D eigenvalue weighted by Gasteiger charge is 2.30. The van der Waals surface area contributed by atoms with Gasteiger partial charge in [0.25, 0.3) is 0 Å². The molecule has 0 bridgehead atoms. The Bertz CT molecular complexity index is 479. The zero-order valence-electron chi connectivity index (χ0n) is 9.28. The van der Waals surface area contributed by atoms with E-state index >= 15 is 0 Å². The van der Waals surface area contributed by atoms with Gasteiger partial charge in [-0.3, -0.25) is 9.59 Å². The van der Waals surface area contributed by atoms with Gasteiger partial charge in [-0.1, -0.05) is 6.07 Å². The van der Waals surface area contributed by atoms with E-state index in [2.05, 4.69) is 0 Å². The number of phenols is 1. The summed E-state index contributed by atoms with van der Waals surface area (Å²) in [4.78, 5) is 24.1. The van der Waals surface area contributed by atoms with Crippen molar-refractivity contribution >= 4 is 17.4 Å². The molecule has 1 N–H and O–H groups in total. The van der Waals surface area contributed by atoms with E-state index in [0.29, 0.717) is 11.3 Å². The van der Waals surface area contributed by atoms with E-state index in [4.69, 9.17) is 0 Å². The second kappa shape index (κ2) is 3.63. The molecule has 4 nitrogen and oxygen atoms in total. The Morgan fingerprint density at radius 2 is 1.94 bits per heavy atom. The average molecular weight is 219 g/mol. The third-order valence-corrected chi connectivity index (χ3v) is 2.70. The van der Waals surface area contributed by atoms with Crippen molar-refractivity contribution in [3.05, 3.63) is 23.3 Å². The van der Waals surface area contributed by atoms with E-state index in [1.54, 1.807) is 13.0 Å². The lowest BCUT2D eigenvalue weighted by Gasteiger charge is -2.18. The first-order valence-electron chi connectivity index (χ1n) is 5.11. The van der Waals surface area contributed by atoms with E-state index in [1.165, 1.54) is 4.90 Å². The summed E-state index contributed by atoms with van der Waals surface area (Å²) in [5.74, 6) is -0.275. The van der Waals surface area contributed by atoms with Gasteiger partial charge in [0, 0.05) is 0 Å². The molecule has 0 saturated carbocycles. The summed E-state index contributed by atoms with van der Waals surface area (Å²) < 4.78 is 0. The van der Waals surface area contributed by atoms with Crippen LogP contribution in [0.5, 0.6) is 5.75 Å². The molecule has 1 heterocycles. The normalized spacial score (nSPS) is 16.0. The fraction of sp³-hybridized carbons (Fsp3) is 0.333. The van der Waals surface area contributed by atoms with E-state index in [9.17, 15) is 14.7 Å². The van der Waals surface area contributed by atoms with Crippen molar-refractivity contribution in [2.45, 2.75) is 20.3 Å². The smallest absolute Gasteiger partial charge is 0.235 e. The Labute approximate surface area is 93.5 Å². The first-order valence-corrected chi connectivity index (χ1v) is 5.11. The van der Waals surface area contributed by atoms with Crippen LogP contribution in [0.3, 0.4) is 0 Å². The minimum Gasteiger partial charge on any atom is -0.505 e. The van der Waals surface area contributed by atoms with Crippen LogP contribution in [-0.4, -0.2) is 23.3 Å². The van der Waals surface area contributed by atoms with Gasteiger partial charge in [-0.2, -0.15) is 0 Å². The van der Waals surface area contributed by atoms with Gasteiger partial charge in [-0.15, -0.1) is 0 Å². The van der Waals surface area contributed by atoms with Crippen molar-refractivity contribution < 1.29 is 14.7 Å². The highest BCUT2D eigenvalue weighted by molar-refractivity contribution is 6.15. The van der Waals surface area contributed by atoms with Crippen molar-refractivity contribution in [2.75, 3.05) is 11.4 Å². The Hall–Kier alpha value is -1.84. The van der Waals surface area contributed by atoms with Gasteiger partial charge in [-0.25, -0.2) is 0 Å². The topological polar surface area (TPSA) is 57.6 Å². The number of amides is 1. The van der Waals surface area contributed by atoms with Gasteiger partial charge in [0.05, 0.1) is 18.7 Å². The SMILES string of the molecule is Cc1cc(C)c(O)c(N2CC(=O)CC2=O)c1. The van der Waals surface area contributed by atoms with Crippen LogP contribution in [0.15, 0.2) is 12.1 Å². The second-order valence-electron chi connectivity index (χ2n) is 4.14. The fourth-order valence-corrected chi connectivity index (χ4v) is 1.95. The lowest BCUT2D eigenvalue weighted by atomic mass is 10.1. The third kappa shape index (κ3) is 1.66. The molecule has 0 aliphatic carbocycles. The van der Waals surface area contributed by atoms with Gasteiger partial charge >= 0.3 is 0 Å². The Morgan fingerprint density at radius 3 is 2.50 bits per heavy atom. The molecule has 1 saturated heterocycles.